The van der Waals surface area contributed by atoms with Crippen molar-refractivity contribution in [2.45, 2.75) is 5.16 Å². The summed E-state index contributed by atoms with van der Waals surface area (Å²) in [5.41, 5.74) is 0.901. The van der Waals surface area contributed by atoms with Gasteiger partial charge in [0, 0.05) is 6.20 Å². The first-order chi connectivity index (χ1) is 6.70. The maximum Gasteiger partial charge on any atom is 0.337 e. The van der Waals surface area contributed by atoms with Gasteiger partial charge in [0.2, 0.25) is 5.16 Å². The molecule has 0 saturated heterocycles. The largest absolute Gasteiger partial charge is 0.478 e. The molecule has 2 aromatic heterocycles. The van der Waals surface area contributed by atoms with Gasteiger partial charge >= 0.3 is 5.97 Å². The standard InChI is InChI=1S/C8H7N3O2S/c1-14-8-9-3-6-2-5(7(12)13)4-11(6)10-8/h2-4H,1H3,(H,12,13). The summed E-state index contributed by atoms with van der Waals surface area (Å²) in [7, 11) is 0. The lowest BCUT2D eigenvalue weighted by molar-refractivity contribution is 0.0697. The summed E-state index contributed by atoms with van der Waals surface area (Å²) < 4.78 is 1.52. The first kappa shape index (κ1) is 9.01. The van der Waals surface area contributed by atoms with E-state index in [1.165, 1.54) is 28.5 Å². The monoisotopic (exact) mass is 209 g/mol. The topological polar surface area (TPSA) is 67.5 Å². The van der Waals surface area contributed by atoms with Crippen molar-refractivity contribution in [1.82, 2.24) is 14.6 Å². The highest BCUT2D eigenvalue weighted by Crippen LogP contribution is 2.11. The van der Waals surface area contributed by atoms with Crippen molar-refractivity contribution in [1.29, 1.82) is 0 Å². The minimum atomic E-state index is -0.957. The van der Waals surface area contributed by atoms with Gasteiger partial charge in [-0.2, -0.15) is 0 Å². The minimum absolute atomic E-state index is 0.220. The van der Waals surface area contributed by atoms with Crippen LogP contribution >= 0.6 is 11.8 Å². The molecule has 0 radical (unpaired) electrons. The quantitative estimate of drug-likeness (QED) is 0.751. The lowest BCUT2D eigenvalue weighted by Gasteiger charge is -1.94. The number of thioether (sulfide) groups is 1. The van der Waals surface area contributed by atoms with E-state index in [-0.39, 0.29) is 5.56 Å². The molecule has 0 aliphatic heterocycles. The molecule has 0 aliphatic carbocycles. The van der Waals surface area contributed by atoms with Crippen LogP contribution in [0.25, 0.3) is 5.52 Å². The van der Waals surface area contributed by atoms with Crippen LogP contribution in [0.2, 0.25) is 0 Å². The van der Waals surface area contributed by atoms with Crippen LogP contribution in [0.4, 0.5) is 0 Å². The number of aromatic nitrogens is 3. The number of carboxylic acid groups (broad SMARTS) is 1. The van der Waals surface area contributed by atoms with Crippen molar-refractivity contribution >= 4 is 23.2 Å². The Morgan fingerprint density at radius 1 is 1.64 bits per heavy atom. The Hall–Kier alpha value is -1.56. The average molecular weight is 209 g/mol. The molecule has 2 heterocycles. The molecule has 0 amide bonds. The van der Waals surface area contributed by atoms with Crippen LogP contribution in [-0.4, -0.2) is 31.9 Å². The highest BCUT2D eigenvalue weighted by atomic mass is 32.2. The Bertz CT molecular complexity index is 494. The molecule has 72 valence electrons. The number of nitrogens with zero attached hydrogens (tertiary/aromatic N) is 3. The molecule has 6 heteroatoms. The van der Waals surface area contributed by atoms with Crippen molar-refractivity contribution in [3.63, 3.8) is 0 Å². The molecule has 0 aliphatic rings. The van der Waals surface area contributed by atoms with Crippen molar-refractivity contribution in [3.05, 3.63) is 24.0 Å². The van der Waals surface area contributed by atoms with Gasteiger partial charge in [0.1, 0.15) is 0 Å². The summed E-state index contributed by atoms with van der Waals surface area (Å²) in [6, 6.07) is 1.53. The fourth-order valence-corrected chi connectivity index (χ4v) is 1.43. The lowest BCUT2D eigenvalue weighted by Crippen LogP contribution is -1.95. The third kappa shape index (κ3) is 1.44. The highest BCUT2D eigenvalue weighted by Gasteiger charge is 2.07. The molecule has 5 nitrogen and oxygen atoms in total. The van der Waals surface area contributed by atoms with E-state index in [9.17, 15) is 4.79 Å². The van der Waals surface area contributed by atoms with E-state index in [1.807, 2.05) is 6.26 Å². The number of rotatable bonds is 2. The SMILES string of the molecule is CSc1ncc2cc(C(=O)O)cn2n1. The molecular weight excluding hydrogens is 202 g/mol. The maximum absolute atomic E-state index is 10.7. The predicted molar refractivity (Wildman–Crippen MR) is 51.7 cm³/mol. The van der Waals surface area contributed by atoms with Crippen LogP contribution in [0.5, 0.6) is 0 Å². The lowest BCUT2D eigenvalue weighted by atomic mass is 10.3. The molecule has 1 N–H and O–H groups in total. The van der Waals surface area contributed by atoms with Crippen LogP contribution < -0.4 is 0 Å². The third-order valence-corrected chi connectivity index (χ3v) is 2.31. The zero-order chi connectivity index (χ0) is 10.1. The fraction of sp³-hybridized carbons (Fsp3) is 0.125. The van der Waals surface area contributed by atoms with Gasteiger partial charge in [-0.25, -0.2) is 14.3 Å². The van der Waals surface area contributed by atoms with Gasteiger partial charge in [0.15, 0.2) is 0 Å². The van der Waals surface area contributed by atoms with Gasteiger partial charge in [-0.3, -0.25) is 0 Å². The normalized spacial score (nSPS) is 10.6. The smallest absolute Gasteiger partial charge is 0.337 e. The van der Waals surface area contributed by atoms with Crippen molar-refractivity contribution in [2.75, 3.05) is 6.26 Å². The summed E-state index contributed by atoms with van der Waals surface area (Å²) in [6.45, 7) is 0. The summed E-state index contributed by atoms with van der Waals surface area (Å²) in [5.74, 6) is -0.957. The Morgan fingerprint density at radius 2 is 2.43 bits per heavy atom. The number of aromatic carboxylic acids is 1. The van der Waals surface area contributed by atoms with Gasteiger partial charge < -0.3 is 5.11 Å². The van der Waals surface area contributed by atoms with Crippen LogP contribution in [0.1, 0.15) is 10.4 Å². The Balaban J connectivity index is 2.60. The van der Waals surface area contributed by atoms with Crippen molar-refractivity contribution in [3.8, 4) is 0 Å². The Labute approximate surface area is 83.8 Å². The fourth-order valence-electron chi connectivity index (χ4n) is 1.10. The molecule has 0 fully saturated rings. The van der Waals surface area contributed by atoms with Crippen molar-refractivity contribution in [2.24, 2.45) is 0 Å². The van der Waals surface area contributed by atoms with Gasteiger partial charge in [-0.05, 0) is 12.3 Å². The number of fused-ring (bicyclic) bond motifs is 1. The molecule has 2 aromatic rings. The third-order valence-electron chi connectivity index (χ3n) is 1.76. The van der Waals surface area contributed by atoms with Crippen LogP contribution in [0.15, 0.2) is 23.6 Å². The minimum Gasteiger partial charge on any atom is -0.478 e. The van der Waals surface area contributed by atoms with E-state index in [0.29, 0.717) is 10.7 Å². The van der Waals surface area contributed by atoms with E-state index in [1.54, 1.807) is 6.20 Å². The predicted octanol–water partition coefficient (Wildman–Crippen LogP) is 1.15. The molecule has 14 heavy (non-hydrogen) atoms. The van der Waals surface area contributed by atoms with Crippen molar-refractivity contribution < 1.29 is 9.90 Å². The van der Waals surface area contributed by atoms with E-state index in [2.05, 4.69) is 10.1 Å². The van der Waals surface area contributed by atoms with Gasteiger partial charge in [0.25, 0.3) is 0 Å². The van der Waals surface area contributed by atoms with Gasteiger partial charge in [-0.15, -0.1) is 5.10 Å². The summed E-state index contributed by atoms with van der Waals surface area (Å²) in [5, 5.41) is 13.5. The van der Waals surface area contributed by atoms with E-state index in [4.69, 9.17) is 5.11 Å². The Kier molecular flexibility index (Phi) is 2.12. The molecule has 0 atom stereocenters. The van der Waals surface area contributed by atoms with E-state index >= 15 is 0 Å². The summed E-state index contributed by atoms with van der Waals surface area (Å²) >= 11 is 1.41. The molecule has 0 spiro atoms. The van der Waals surface area contributed by atoms with E-state index < -0.39 is 5.97 Å². The molecule has 2 rings (SSSR count). The van der Waals surface area contributed by atoms with E-state index in [0.717, 1.165) is 0 Å². The second-order valence-corrected chi connectivity index (χ2v) is 3.42. The first-order valence-corrected chi connectivity index (χ1v) is 5.06. The Morgan fingerprint density at radius 3 is 3.07 bits per heavy atom. The second kappa shape index (κ2) is 3.30. The highest BCUT2D eigenvalue weighted by molar-refractivity contribution is 7.98. The average Bonchev–Trinajstić information content (AvgIpc) is 2.59. The molecule has 0 bridgehead atoms. The number of carboxylic acids is 1. The number of carbonyl (C=O) groups is 1. The molecule has 0 aromatic carbocycles. The van der Waals surface area contributed by atoms with Gasteiger partial charge in [0.05, 0.1) is 17.3 Å². The zero-order valence-electron chi connectivity index (χ0n) is 7.34. The van der Waals surface area contributed by atoms with Crippen LogP contribution in [0, 0.1) is 0 Å². The second-order valence-electron chi connectivity index (χ2n) is 2.65. The van der Waals surface area contributed by atoms with Crippen LogP contribution in [-0.2, 0) is 0 Å². The van der Waals surface area contributed by atoms with Crippen LogP contribution in [0.3, 0.4) is 0 Å². The number of hydrogen-bond donors (Lipinski definition) is 1. The maximum atomic E-state index is 10.7. The number of hydrogen-bond acceptors (Lipinski definition) is 4. The molecule has 0 saturated carbocycles. The molecular formula is C8H7N3O2S. The van der Waals surface area contributed by atoms with Gasteiger partial charge in [-0.1, -0.05) is 11.8 Å². The zero-order valence-corrected chi connectivity index (χ0v) is 8.15. The molecule has 0 unspecified atom stereocenters. The summed E-state index contributed by atoms with van der Waals surface area (Å²) in [6.07, 6.45) is 4.94. The first-order valence-electron chi connectivity index (χ1n) is 3.83. The summed E-state index contributed by atoms with van der Waals surface area (Å²) in [4.78, 5) is 14.7.